The van der Waals surface area contributed by atoms with Gasteiger partial charge in [-0.05, 0) is 42.7 Å². The van der Waals surface area contributed by atoms with Crippen molar-refractivity contribution >= 4 is 17.9 Å². The molecule has 4 nitrogen and oxygen atoms in total. The lowest BCUT2D eigenvalue weighted by molar-refractivity contribution is -0.129. The number of esters is 1. The van der Waals surface area contributed by atoms with Crippen LogP contribution >= 0.6 is 0 Å². The molecule has 0 radical (unpaired) electrons. The summed E-state index contributed by atoms with van der Waals surface area (Å²) < 4.78 is 24.1. The molecular weight excluding hydrogens is 297 g/mol. The van der Waals surface area contributed by atoms with E-state index in [0.717, 1.165) is 12.2 Å². The number of ether oxygens (including phenoxy) is 1. The van der Waals surface area contributed by atoms with Crippen molar-refractivity contribution in [2.45, 2.75) is 19.3 Å². The molecule has 1 aliphatic heterocycles. The zero-order valence-corrected chi connectivity index (χ0v) is 12.5. The number of hydrogen-bond donors (Lipinski definition) is 0. The van der Waals surface area contributed by atoms with Crippen molar-refractivity contribution in [2.75, 3.05) is 0 Å². The first-order chi connectivity index (χ1) is 11.1. The van der Waals surface area contributed by atoms with Crippen molar-refractivity contribution in [3.05, 3.63) is 65.0 Å². The van der Waals surface area contributed by atoms with Gasteiger partial charge in [0.2, 0.25) is 5.90 Å². The second-order valence-corrected chi connectivity index (χ2v) is 5.91. The van der Waals surface area contributed by atoms with Crippen LogP contribution in [0.15, 0.2) is 51.5 Å². The van der Waals surface area contributed by atoms with Gasteiger partial charge in [-0.2, -0.15) is 0 Å². The van der Waals surface area contributed by atoms with Crippen LogP contribution in [-0.4, -0.2) is 11.9 Å². The van der Waals surface area contributed by atoms with Gasteiger partial charge in [0, 0.05) is 17.6 Å². The molecule has 0 unspecified atom stereocenters. The number of cyclic esters (lactones) is 1. The number of rotatable bonds is 3. The lowest BCUT2D eigenvalue weighted by Crippen LogP contribution is -2.05. The van der Waals surface area contributed by atoms with E-state index < -0.39 is 11.8 Å². The normalized spacial score (nSPS) is 24.7. The van der Waals surface area contributed by atoms with Crippen molar-refractivity contribution in [2.24, 2.45) is 10.9 Å². The van der Waals surface area contributed by atoms with Crippen LogP contribution in [0.4, 0.5) is 4.39 Å². The largest absolute Gasteiger partial charge is 0.461 e. The predicted molar refractivity (Wildman–Crippen MR) is 82.2 cm³/mol. The van der Waals surface area contributed by atoms with Gasteiger partial charge in [0.1, 0.15) is 17.3 Å². The second-order valence-electron chi connectivity index (χ2n) is 5.91. The highest BCUT2D eigenvalue weighted by Gasteiger charge is 2.36. The van der Waals surface area contributed by atoms with Gasteiger partial charge in [-0.1, -0.05) is 13.0 Å². The predicted octanol–water partition coefficient (Wildman–Crippen LogP) is 3.89. The molecule has 0 amide bonds. The highest BCUT2D eigenvalue weighted by molar-refractivity contribution is 6.12. The van der Waals surface area contributed by atoms with Crippen LogP contribution in [0.5, 0.6) is 0 Å². The molecule has 2 heterocycles. The molecule has 0 bridgehead atoms. The minimum Gasteiger partial charge on any atom is -0.461 e. The van der Waals surface area contributed by atoms with Gasteiger partial charge in [-0.3, -0.25) is 0 Å². The molecule has 1 aromatic heterocycles. The molecule has 1 aromatic carbocycles. The number of halogens is 1. The van der Waals surface area contributed by atoms with Crippen LogP contribution in [0.1, 0.15) is 36.3 Å². The Morgan fingerprint density at radius 3 is 2.87 bits per heavy atom. The maximum Gasteiger partial charge on any atom is 0.363 e. The molecule has 1 fully saturated rings. The quantitative estimate of drug-likeness (QED) is 0.638. The Balaban J connectivity index is 1.60. The van der Waals surface area contributed by atoms with E-state index in [2.05, 4.69) is 11.9 Å². The van der Waals surface area contributed by atoms with Gasteiger partial charge < -0.3 is 9.15 Å². The van der Waals surface area contributed by atoms with Crippen molar-refractivity contribution in [3.8, 4) is 0 Å². The summed E-state index contributed by atoms with van der Waals surface area (Å²) in [5.74, 6) is 1.75. The Bertz CT molecular complexity index is 849. The van der Waals surface area contributed by atoms with Crippen LogP contribution in [0.2, 0.25) is 0 Å². The van der Waals surface area contributed by atoms with E-state index in [4.69, 9.17) is 9.15 Å². The third kappa shape index (κ3) is 2.70. The third-order valence-electron chi connectivity index (χ3n) is 4.09. The van der Waals surface area contributed by atoms with Crippen LogP contribution in [0.3, 0.4) is 0 Å². The standard InChI is InChI=1S/C18H14FNO3/c1-10-7-14(10)16-6-5-13(22-16)9-15-18(21)23-17(20-15)11-3-2-4-12(19)8-11/h2-6,8-10,14H,7H2,1H3/b15-9-/t10-,14+/m0/s1. The van der Waals surface area contributed by atoms with E-state index in [9.17, 15) is 9.18 Å². The first-order valence-electron chi connectivity index (χ1n) is 7.48. The molecule has 5 heteroatoms. The van der Waals surface area contributed by atoms with Crippen molar-refractivity contribution in [3.63, 3.8) is 0 Å². The van der Waals surface area contributed by atoms with E-state index in [1.165, 1.54) is 12.1 Å². The highest BCUT2D eigenvalue weighted by Crippen LogP contribution is 2.47. The summed E-state index contributed by atoms with van der Waals surface area (Å²) in [6.07, 6.45) is 2.68. The molecule has 1 aliphatic carbocycles. The molecule has 0 spiro atoms. The minimum atomic E-state index is -0.568. The van der Waals surface area contributed by atoms with Crippen molar-refractivity contribution in [1.82, 2.24) is 0 Å². The number of hydrogen-bond acceptors (Lipinski definition) is 4. The Labute approximate surface area is 132 Å². The second kappa shape index (κ2) is 5.19. The molecule has 4 rings (SSSR count). The SMILES string of the molecule is C[C@H]1C[C@H]1c1ccc(/C=C2\N=C(c3cccc(F)c3)OC2=O)o1. The fourth-order valence-corrected chi connectivity index (χ4v) is 2.65. The Kier molecular flexibility index (Phi) is 3.15. The number of aliphatic imine (C=N–C) groups is 1. The van der Waals surface area contributed by atoms with Crippen LogP contribution in [-0.2, 0) is 9.53 Å². The molecule has 116 valence electrons. The van der Waals surface area contributed by atoms with E-state index in [-0.39, 0.29) is 11.6 Å². The molecule has 0 saturated heterocycles. The van der Waals surface area contributed by atoms with Crippen LogP contribution < -0.4 is 0 Å². The van der Waals surface area contributed by atoms with Gasteiger partial charge in [0.25, 0.3) is 0 Å². The maximum absolute atomic E-state index is 13.3. The van der Waals surface area contributed by atoms with Gasteiger partial charge in [-0.15, -0.1) is 0 Å². The summed E-state index contributed by atoms with van der Waals surface area (Å²) in [6.45, 7) is 2.18. The average molecular weight is 311 g/mol. The topological polar surface area (TPSA) is 51.8 Å². The monoisotopic (exact) mass is 311 g/mol. The fourth-order valence-electron chi connectivity index (χ4n) is 2.65. The third-order valence-corrected chi connectivity index (χ3v) is 4.09. The zero-order chi connectivity index (χ0) is 16.0. The minimum absolute atomic E-state index is 0.100. The number of benzene rings is 1. The summed E-state index contributed by atoms with van der Waals surface area (Å²) in [7, 11) is 0. The molecule has 2 atom stereocenters. The molecule has 2 aliphatic rings. The van der Waals surface area contributed by atoms with E-state index in [1.807, 2.05) is 12.1 Å². The maximum atomic E-state index is 13.3. The van der Waals surface area contributed by atoms with E-state index >= 15 is 0 Å². The summed E-state index contributed by atoms with van der Waals surface area (Å²) in [6, 6.07) is 9.51. The van der Waals surface area contributed by atoms with Gasteiger partial charge >= 0.3 is 5.97 Å². The van der Waals surface area contributed by atoms with E-state index in [1.54, 1.807) is 18.2 Å². The number of carbonyl (C=O) groups excluding carboxylic acids is 1. The smallest absolute Gasteiger partial charge is 0.363 e. The Morgan fingerprint density at radius 1 is 1.30 bits per heavy atom. The average Bonchev–Trinajstić information content (AvgIpc) is 2.94. The number of nitrogens with zero attached hydrogens (tertiary/aromatic N) is 1. The highest BCUT2D eigenvalue weighted by atomic mass is 19.1. The lowest BCUT2D eigenvalue weighted by Gasteiger charge is -1.98. The Hall–Kier alpha value is -2.69. The van der Waals surface area contributed by atoms with Crippen LogP contribution in [0, 0.1) is 11.7 Å². The molecule has 1 saturated carbocycles. The summed E-state index contributed by atoms with van der Waals surface area (Å²) in [5.41, 5.74) is 0.572. The molecular formula is C18H14FNO3. The van der Waals surface area contributed by atoms with E-state index in [0.29, 0.717) is 23.2 Å². The number of carbonyl (C=O) groups is 1. The van der Waals surface area contributed by atoms with Gasteiger partial charge in [-0.25, -0.2) is 14.2 Å². The molecule has 0 N–H and O–H groups in total. The van der Waals surface area contributed by atoms with Crippen LogP contribution in [0.25, 0.3) is 6.08 Å². The summed E-state index contributed by atoms with van der Waals surface area (Å²) in [4.78, 5) is 16.1. The van der Waals surface area contributed by atoms with Gasteiger partial charge in [0.05, 0.1) is 0 Å². The number of furan rings is 1. The van der Waals surface area contributed by atoms with Crippen molar-refractivity contribution in [1.29, 1.82) is 0 Å². The first kappa shape index (κ1) is 13.9. The molecule has 2 aromatic rings. The molecule has 23 heavy (non-hydrogen) atoms. The first-order valence-corrected chi connectivity index (χ1v) is 7.48. The summed E-state index contributed by atoms with van der Waals surface area (Å²) in [5, 5.41) is 0. The van der Waals surface area contributed by atoms with Crippen molar-refractivity contribution < 1.29 is 18.3 Å². The zero-order valence-electron chi connectivity index (χ0n) is 12.5. The Morgan fingerprint density at radius 2 is 2.13 bits per heavy atom. The lowest BCUT2D eigenvalue weighted by atomic mass is 10.2. The van der Waals surface area contributed by atoms with Gasteiger partial charge in [0.15, 0.2) is 5.70 Å². The fraction of sp³-hybridized carbons (Fsp3) is 0.222. The summed E-state index contributed by atoms with van der Waals surface area (Å²) >= 11 is 0.